The highest BCUT2D eigenvalue weighted by atomic mass is 16.5. The smallest absolute Gasteiger partial charge is 0.0776 e. The van der Waals surface area contributed by atoms with E-state index < -0.39 is 0 Å². The van der Waals surface area contributed by atoms with E-state index in [2.05, 4.69) is 5.32 Å². The molecule has 1 heterocycles. The van der Waals surface area contributed by atoms with Gasteiger partial charge in [0.1, 0.15) is 0 Å². The highest BCUT2D eigenvalue weighted by Crippen LogP contribution is 2.10. The molecule has 1 fully saturated rings. The van der Waals surface area contributed by atoms with Crippen LogP contribution in [0.1, 0.15) is 19.8 Å². The van der Waals surface area contributed by atoms with Gasteiger partial charge in [-0.1, -0.05) is 0 Å². The number of rotatable bonds is 5. The van der Waals surface area contributed by atoms with Crippen LogP contribution in [0.25, 0.3) is 0 Å². The highest BCUT2D eigenvalue weighted by Gasteiger charge is 2.13. The molecule has 1 rings (SSSR count). The first kappa shape index (κ1) is 11.0. The maximum atomic E-state index is 5.56. The second kappa shape index (κ2) is 6.35. The van der Waals surface area contributed by atoms with Crippen molar-refractivity contribution >= 4 is 0 Å². The van der Waals surface area contributed by atoms with E-state index in [1.54, 1.807) is 7.11 Å². The van der Waals surface area contributed by atoms with Crippen LogP contribution < -0.4 is 5.32 Å². The Morgan fingerprint density at radius 2 is 2.38 bits per heavy atom. The largest absolute Gasteiger partial charge is 0.379 e. The lowest BCUT2D eigenvalue weighted by molar-refractivity contribution is 0.00360. The molecule has 0 spiro atoms. The topological polar surface area (TPSA) is 30.5 Å². The first-order valence-corrected chi connectivity index (χ1v) is 5.14. The van der Waals surface area contributed by atoms with Gasteiger partial charge in [-0.3, -0.25) is 0 Å². The Labute approximate surface area is 80.8 Å². The predicted octanol–water partition coefficient (Wildman–Crippen LogP) is 1.04. The average molecular weight is 187 g/mol. The molecule has 1 N–H and O–H groups in total. The zero-order chi connectivity index (χ0) is 9.52. The molecule has 0 bridgehead atoms. The van der Waals surface area contributed by atoms with Gasteiger partial charge < -0.3 is 14.8 Å². The van der Waals surface area contributed by atoms with Crippen LogP contribution in [0.4, 0.5) is 0 Å². The molecule has 3 nitrogen and oxygen atoms in total. The van der Waals surface area contributed by atoms with E-state index >= 15 is 0 Å². The van der Waals surface area contributed by atoms with Crippen molar-refractivity contribution in [2.45, 2.75) is 25.9 Å². The Morgan fingerprint density at radius 1 is 1.54 bits per heavy atom. The molecule has 2 atom stereocenters. The van der Waals surface area contributed by atoms with Crippen LogP contribution in [-0.4, -0.2) is 39.5 Å². The number of nitrogens with one attached hydrogen (secondary N) is 1. The van der Waals surface area contributed by atoms with Gasteiger partial charge in [0.2, 0.25) is 0 Å². The van der Waals surface area contributed by atoms with Crippen LogP contribution >= 0.6 is 0 Å². The van der Waals surface area contributed by atoms with E-state index in [-0.39, 0.29) is 6.10 Å². The number of methoxy groups -OCH3 is 1. The zero-order valence-corrected chi connectivity index (χ0v) is 8.71. The maximum Gasteiger partial charge on any atom is 0.0776 e. The summed E-state index contributed by atoms with van der Waals surface area (Å²) in [5.74, 6) is 0.706. The molecule has 0 aromatic heterocycles. The normalized spacial score (nSPS) is 25.8. The molecule has 13 heavy (non-hydrogen) atoms. The number of ether oxygens (including phenoxy) is 2. The summed E-state index contributed by atoms with van der Waals surface area (Å²) in [5.41, 5.74) is 0. The molecule has 3 heteroatoms. The summed E-state index contributed by atoms with van der Waals surface area (Å²) in [7, 11) is 1.72. The Bertz CT molecular complexity index is 124. The van der Waals surface area contributed by atoms with Gasteiger partial charge in [-0.15, -0.1) is 0 Å². The van der Waals surface area contributed by atoms with Crippen LogP contribution in [0.3, 0.4) is 0 Å². The maximum absolute atomic E-state index is 5.56. The van der Waals surface area contributed by atoms with Crippen molar-refractivity contribution in [3.8, 4) is 0 Å². The van der Waals surface area contributed by atoms with Gasteiger partial charge >= 0.3 is 0 Å². The quantitative estimate of drug-likeness (QED) is 0.697. The van der Waals surface area contributed by atoms with Gasteiger partial charge in [0.25, 0.3) is 0 Å². The molecular weight excluding hydrogens is 166 g/mol. The van der Waals surface area contributed by atoms with Crippen molar-refractivity contribution < 1.29 is 9.47 Å². The van der Waals surface area contributed by atoms with Crippen LogP contribution in [0, 0.1) is 5.92 Å². The monoisotopic (exact) mass is 187 g/mol. The Hall–Kier alpha value is -0.120. The van der Waals surface area contributed by atoms with Crippen molar-refractivity contribution in [2.75, 3.05) is 33.4 Å². The molecule has 0 aromatic carbocycles. The van der Waals surface area contributed by atoms with Crippen LogP contribution in [0.5, 0.6) is 0 Å². The van der Waals surface area contributed by atoms with Crippen LogP contribution in [0.2, 0.25) is 0 Å². The van der Waals surface area contributed by atoms with Crippen molar-refractivity contribution in [3.05, 3.63) is 0 Å². The summed E-state index contributed by atoms with van der Waals surface area (Å²) < 4.78 is 10.7. The van der Waals surface area contributed by atoms with E-state index in [0.717, 1.165) is 13.2 Å². The summed E-state index contributed by atoms with van der Waals surface area (Å²) >= 11 is 0. The van der Waals surface area contributed by atoms with Gasteiger partial charge in [-0.25, -0.2) is 0 Å². The number of hydrogen-bond donors (Lipinski definition) is 1. The number of piperidine rings is 1. The summed E-state index contributed by atoms with van der Waals surface area (Å²) in [6.45, 7) is 5.90. The molecule has 1 aliphatic heterocycles. The lowest BCUT2D eigenvalue weighted by Gasteiger charge is -2.23. The molecule has 0 radical (unpaired) electrons. The number of hydrogen-bond acceptors (Lipinski definition) is 3. The second-order valence-corrected chi connectivity index (χ2v) is 3.80. The Kier molecular flexibility index (Phi) is 5.35. The SMILES string of the molecule is COC(C)COCC1CCCNC1. The van der Waals surface area contributed by atoms with Gasteiger partial charge in [0, 0.05) is 13.7 Å². The molecule has 0 amide bonds. The van der Waals surface area contributed by atoms with Gasteiger partial charge in [0.05, 0.1) is 19.3 Å². The van der Waals surface area contributed by atoms with Gasteiger partial charge in [0.15, 0.2) is 0 Å². The van der Waals surface area contributed by atoms with Gasteiger partial charge in [-0.05, 0) is 32.2 Å². The molecule has 0 saturated carbocycles. The van der Waals surface area contributed by atoms with E-state index in [1.165, 1.54) is 19.4 Å². The highest BCUT2D eigenvalue weighted by molar-refractivity contribution is 4.68. The van der Waals surface area contributed by atoms with E-state index in [9.17, 15) is 0 Å². The summed E-state index contributed by atoms with van der Waals surface area (Å²) in [6.07, 6.45) is 2.80. The molecule has 2 unspecified atom stereocenters. The lowest BCUT2D eigenvalue weighted by Crippen LogP contribution is -2.32. The minimum absolute atomic E-state index is 0.219. The van der Waals surface area contributed by atoms with E-state index in [4.69, 9.17) is 9.47 Å². The third-order valence-electron chi connectivity index (χ3n) is 2.51. The summed E-state index contributed by atoms with van der Waals surface area (Å²) in [5, 5.41) is 3.38. The third-order valence-corrected chi connectivity index (χ3v) is 2.51. The minimum atomic E-state index is 0.219. The van der Waals surface area contributed by atoms with Crippen molar-refractivity contribution in [3.63, 3.8) is 0 Å². The molecule has 78 valence electrons. The Morgan fingerprint density at radius 3 is 3.00 bits per heavy atom. The molecular formula is C10H21NO2. The molecule has 0 aromatic rings. The molecule has 1 saturated heterocycles. The first-order valence-electron chi connectivity index (χ1n) is 5.14. The summed E-state index contributed by atoms with van der Waals surface area (Å²) in [4.78, 5) is 0. The average Bonchev–Trinajstić information content (AvgIpc) is 2.19. The van der Waals surface area contributed by atoms with E-state index in [0.29, 0.717) is 12.5 Å². The Balaban J connectivity index is 1.98. The molecule has 1 aliphatic rings. The fourth-order valence-corrected chi connectivity index (χ4v) is 1.53. The van der Waals surface area contributed by atoms with Gasteiger partial charge in [-0.2, -0.15) is 0 Å². The van der Waals surface area contributed by atoms with Crippen molar-refractivity contribution in [2.24, 2.45) is 5.92 Å². The third kappa shape index (κ3) is 4.60. The predicted molar refractivity (Wildman–Crippen MR) is 52.9 cm³/mol. The van der Waals surface area contributed by atoms with Crippen LogP contribution in [-0.2, 0) is 9.47 Å². The molecule has 0 aliphatic carbocycles. The first-order chi connectivity index (χ1) is 6.33. The van der Waals surface area contributed by atoms with Crippen LogP contribution in [0.15, 0.2) is 0 Å². The summed E-state index contributed by atoms with van der Waals surface area (Å²) in [6, 6.07) is 0. The standard InChI is InChI=1S/C10H21NO2/c1-9(12-2)7-13-8-10-4-3-5-11-6-10/h9-11H,3-8H2,1-2H3. The lowest BCUT2D eigenvalue weighted by atomic mass is 10.0. The van der Waals surface area contributed by atoms with E-state index in [1.807, 2.05) is 6.92 Å². The minimum Gasteiger partial charge on any atom is -0.379 e. The zero-order valence-electron chi connectivity index (χ0n) is 8.71. The van der Waals surface area contributed by atoms with Crippen molar-refractivity contribution in [1.82, 2.24) is 5.32 Å². The fourth-order valence-electron chi connectivity index (χ4n) is 1.53. The van der Waals surface area contributed by atoms with Crippen molar-refractivity contribution in [1.29, 1.82) is 0 Å². The second-order valence-electron chi connectivity index (χ2n) is 3.80. The fraction of sp³-hybridized carbons (Fsp3) is 1.00.